The lowest BCUT2D eigenvalue weighted by Crippen LogP contribution is -2.52. The number of aliphatic imine (C=N–C) groups is 1. The Morgan fingerprint density at radius 1 is 1.06 bits per heavy atom. The number of nitrogens with zero attached hydrogens (tertiary/aromatic N) is 4. The number of hydrogen-bond acceptors (Lipinski definition) is 4. The van der Waals surface area contributed by atoms with Crippen molar-refractivity contribution in [1.82, 2.24) is 14.8 Å². The van der Waals surface area contributed by atoms with Gasteiger partial charge in [0, 0.05) is 48.7 Å². The molecule has 0 N–H and O–H groups in total. The molecule has 6 heteroatoms. The molecule has 3 aromatic rings. The summed E-state index contributed by atoms with van der Waals surface area (Å²) in [7, 11) is 0. The third kappa shape index (κ3) is 4.58. The van der Waals surface area contributed by atoms with Crippen LogP contribution in [0, 0.1) is 12.7 Å². The molecular formula is C30H31FN4O. The van der Waals surface area contributed by atoms with Gasteiger partial charge in [0.25, 0.3) is 0 Å². The lowest BCUT2D eigenvalue weighted by atomic mass is 9.90. The van der Waals surface area contributed by atoms with Crippen LogP contribution < -0.4 is 0 Å². The lowest BCUT2D eigenvalue weighted by Gasteiger charge is -2.41. The van der Waals surface area contributed by atoms with E-state index in [1.807, 2.05) is 31.3 Å². The predicted molar refractivity (Wildman–Crippen MR) is 139 cm³/mol. The predicted octanol–water partition coefficient (Wildman–Crippen LogP) is 4.47. The summed E-state index contributed by atoms with van der Waals surface area (Å²) in [6, 6.07) is 15.6. The summed E-state index contributed by atoms with van der Waals surface area (Å²) < 4.78 is 13.2. The Balaban J connectivity index is 1.17. The van der Waals surface area contributed by atoms with Gasteiger partial charge in [-0.3, -0.25) is 14.8 Å². The molecule has 1 aromatic heterocycles. The number of amides is 1. The molecule has 3 aliphatic rings. The molecule has 3 aliphatic heterocycles. The number of carbonyl (C=O) groups excluding carboxylic acids is 1. The van der Waals surface area contributed by atoms with Gasteiger partial charge in [-0.25, -0.2) is 4.39 Å². The Morgan fingerprint density at radius 3 is 2.75 bits per heavy atom. The van der Waals surface area contributed by atoms with Crippen molar-refractivity contribution >= 4 is 11.6 Å². The quantitative estimate of drug-likeness (QED) is 0.539. The van der Waals surface area contributed by atoms with E-state index < -0.39 is 0 Å². The molecule has 0 bridgehead atoms. The fraction of sp³-hybridized carbons (Fsp3) is 0.367. The van der Waals surface area contributed by atoms with Crippen LogP contribution in [-0.4, -0.2) is 52.1 Å². The highest BCUT2D eigenvalue weighted by Gasteiger charge is 2.33. The van der Waals surface area contributed by atoms with Crippen molar-refractivity contribution in [2.75, 3.05) is 19.6 Å². The van der Waals surface area contributed by atoms with E-state index in [0.29, 0.717) is 19.5 Å². The molecule has 0 spiro atoms. The summed E-state index contributed by atoms with van der Waals surface area (Å²) in [4.78, 5) is 27.0. The average Bonchev–Trinajstić information content (AvgIpc) is 3.29. The van der Waals surface area contributed by atoms with Crippen molar-refractivity contribution < 1.29 is 9.18 Å². The third-order valence-electron chi connectivity index (χ3n) is 7.81. The van der Waals surface area contributed by atoms with Gasteiger partial charge in [-0.1, -0.05) is 18.2 Å². The van der Waals surface area contributed by atoms with E-state index in [-0.39, 0.29) is 17.8 Å². The number of piperidine rings is 1. The number of aryl methyl sites for hydroxylation is 1. The number of likely N-dealkylation sites (tertiary alicyclic amines) is 1. The second-order valence-electron chi connectivity index (χ2n) is 10.3. The number of rotatable bonds is 5. The summed E-state index contributed by atoms with van der Waals surface area (Å²) in [5, 5.41) is 0. The normalized spacial score (nSPS) is 19.7. The summed E-state index contributed by atoms with van der Waals surface area (Å²) in [5.41, 5.74) is 9.08. The molecule has 1 saturated heterocycles. The molecule has 4 heterocycles. The van der Waals surface area contributed by atoms with Crippen LogP contribution in [0.4, 0.5) is 4.39 Å². The van der Waals surface area contributed by atoms with E-state index in [9.17, 15) is 9.18 Å². The van der Waals surface area contributed by atoms with E-state index in [2.05, 4.69) is 33.0 Å². The van der Waals surface area contributed by atoms with Gasteiger partial charge < -0.3 is 9.80 Å². The van der Waals surface area contributed by atoms with Crippen LogP contribution >= 0.6 is 0 Å². The zero-order valence-corrected chi connectivity index (χ0v) is 20.7. The first-order valence-corrected chi connectivity index (χ1v) is 12.9. The highest BCUT2D eigenvalue weighted by molar-refractivity contribution is 6.15. The largest absolute Gasteiger partial charge is 0.334 e. The Labute approximate surface area is 211 Å². The van der Waals surface area contributed by atoms with Crippen molar-refractivity contribution in [3.05, 3.63) is 99.6 Å². The minimum atomic E-state index is -0.194. The molecule has 184 valence electrons. The third-order valence-corrected chi connectivity index (χ3v) is 7.81. The number of halogens is 1. The summed E-state index contributed by atoms with van der Waals surface area (Å²) in [6.07, 6.45) is 5.34. The molecule has 1 fully saturated rings. The Kier molecular flexibility index (Phi) is 6.13. The maximum Gasteiger partial charge on any atom is 0.227 e. The van der Waals surface area contributed by atoms with E-state index in [1.54, 1.807) is 0 Å². The maximum atomic E-state index is 13.2. The summed E-state index contributed by atoms with van der Waals surface area (Å²) >= 11 is 0. The molecule has 0 aliphatic carbocycles. The smallest absolute Gasteiger partial charge is 0.227 e. The molecule has 1 atom stereocenters. The Morgan fingerprint density at radius 2 is 1.92 bits per heavy atom. The highest BCUT2D eigenvalue weighted by Crippen LogP contribution is 2.32. The van der Waals surface area contributed by atoms with E-state index in [1.165, 1.54) is 28.8 Å². The van der Waals surface area contributed by atoms with Gasteiger partial charge in [0.1, 0.15) is 5.82 Å². The minimum absolute atomic E-state index is 0.194. The fourth-order valence-corrected chi connectivity index (χ4v) is 5.89. The van der Waals surface area contributed by atoms with Gasteiger partial charge in [0.2, 0.25) is 5.91 Å². The molecule has 6 rings (SSSR count). The number of benzene rings is 2. The van der Waals surface area contributed by atoms with Gasteiger partial charge in [0.15, 0.2) is 0 Å². The van der Waals surface area contributed by atoms with Crippen molar-refractivity contribution in [2.24, 2.45) is 4.99 Å². The second-order valence-corrected chi connectivity index (χ2v) is 10.3. The van der Waals surface area contributed by atoms with Crippen molar-refractivity contribution in [3.8, 4) is 0 Å². The van der Waals surface area contributed by atoms with Gasteiger partial charge in [-0.05, 0) is 85.3 Å². The van der Waals surface area contributed by atoms with Crippen LogP contribution in [0.2, 0.25) is 0 Å². The van der Waals surface area contributed by atoms with Gasteiger partial charge in [-0.2, -0.15) is 0 Å². The number of pyridine rings is 1. The summed E-state index contributed by atoms with van der Waals surface area (Å²) in [5.74, 6) is 0.0392. The van der Waals surface area contributed by atoms with Gasteiger partial charge in [-0.15, -0.1) is 0 Å². The summed E-state index contributed by atoms with van der Waals surface area (Å²) in [6.45, 7) is 6.22. The van der Waals surface area contributed by atoms with Crippen LogP contribution in [0.25, 0.3) is 0 Å². The number of hydrogen-bond donors (Lipinski definition) is 0. The van der Waals surface area contributed by atoms with Crippen LogP contribution in [-0.2, 0) is 30.7 Å². The molecule has 5 nitrogen and oxygen atoms in total. The Bertz CT molecular complexity index is 1330. The van der Waals surface area contributed by atoms with E-state index in [0.717, 1.165) is 67.0 Å². The SMILES string of the molecule is Cc1cc(C2=NCc3cc4c(cc32)CN([C@@H]2CCCN(CCc3ccc(F)cc3)C2)C(=O)C4)ccn1. The van der Waals surface area contributed by atoms with E-state index in [4.69, 9.17) is 4.99 Å². The van der Waals surface area contributed by atoms with Crippen molar-refractivity contribution in [2.45, 2.75) is 51.7 Å². The first-order valence-electron chi connectivity index (χ1n) is 12.9. The van der Waals surface area contributed by atoms with Gasteiger partial charge in [0.05, 0.1) is 18.7 Å². The fourth-order valence-electron chi connectivity index (χ4n) is 5.89. The molecular weight excluding hydrogens is 451 g/mol. The first kappa shape index (κ1) is 23.0. The monoisotopic (exact) mass is 482 g/mol. The number of aromatic nitrogens is 1. The highest BCUT2D eigenvalue weighted by atomic mass is 19.1. The molecule has 0 unspecified atom stereocenters. The zero-order chi connectivity index (χ0) is 24.6. The minimum Gasteiger partial charge on any atom is -0.334 e. The van der Waals surface area contributed by atoms with Crippen LogP contribution in [0.15, 0.2) is 59.7 Å². The van der Waals surface area contributed by atoms with E-state index >= 15 is 0 Å². The van der Waals surface area contributed by atoms with Gasteiger partial charge >= 0.3 is 0 Å². The first-order chi connectivity index (χ1) is 17.5. The molecule has 36 heavy (non-hydrogen) atoms. The lowest BCUT2D eigenvalue weighted by molar-refractivity contribution is -0.135. The van der Waals surface area contributed by atoms with Crippen LogP contribution in [0.3, 0.4) is 0 Å². The van der Waals surface area contributed by atoms with Crippen LogP contribution in [0.5, 0.6) is 0 Å². The average molecular weight is 483 g/mol. The standard InChI is InChI=1S/C30H31FN4O/c1-20-13-22(8-10-32-20)30-28-15-25-18-35(29(36)16-23(25)14-24(28)17-33-30)27-3-2-11-34(19-27)12-9-21-4-6-26(31)7-5-21/h4-8,10,13-15,27H,2-3,9,11-12,16-19H2,1H3/t27-/m1/s1. The zero-order valence-electron chi connectivity index (χ0n) is 20.7. The molecule has 0 saturated carbocycles. The molecule has 2 aromatic carbocycles. The van der Waals surface area contributed by atoms with Crippen molar-refractivity contribution in [3.63, 3.8) is 0 Å². The molecule has 0 radical (unpaired) electrons. The Hall–Kier alpha value is -3.38. The number of carbonyl (C=O) groups is 1. The van der Waals surface area contributed by atoms with Crippen molar-refractivity contribution in [1.29, 1.82) is 0 Å². The topological polar surface area (TPSA) is 48.8 Å². The molecule has 1 amide bonds. The maximum absolute atomic E-state index is 13.2. The van der Waals surface area contributed by atoms with Crippen LogP contribution in [0.1, 0.15) is 51.9 Å². The number of fused-ring (bicyclic) bond motifs is 2. The second kappa shape index (κ2) is 9.58.